The van der Waals surface area contributed by atoms with Crippen molar-refractivity contribution < 1.29 is 13.6 Å². The number of ketones is 1. The standard InChI is InChI=1S/C9H6BrF2IO/c1-4(14)6-2-5(13)3-7(10)8(6)9(11)12/h2-3,9H,1H3. The number of benzene rings is 1. The monoisotopic (exact) mass is 374 g/mol. The van der Waals surface area contributed by atoms with E-state index in [0.717, 1.165) is 3.57 Å². The molecule has 1 nitrogen and oxygen atoms in total. The predicted octanol–water partition coefficient (Wildman–Crippen LogP) is 4.19. The van der Waals surface area contributed by atoms with E-state index in [-0.39, 0.29) is 21.4 Å². The smallest absolute Gasteiger partial charge is 0.265 e. The highest BCUT2D eigenvalue weighted by Crippen LogP contribution is 2.32. The van der Waals surface area contributed by atoms with E-state index in [0.29, 0.717) is 0 Å². The van der Waals surface area contributed by atoms with E-state index >= 15 is 0 Å². The van der Waals surface area contributed by atoms with Gasteiger partial charge in [-0.2, -0.15) is 0 Å². The molecule has 0 aliphatic rings. The molecule has 0 spiro atoms. The largest absolute Gasteiger partial charge is 0.294 e. The molecular formula is C9H6BrF2IO. The summed E-state index contributed by atoms with van der Waals surface area (Å²) in [4.78, 5) is 11.1. The Hall–Kier alpha value is -0.0400. The van der Waals surface area contributed by atoms with Gasteiger partial charge in [0.1, 0.15) is 0 Å². The Bertz CT molecular complexity index is 379. The van der Waals surface area contributed by atoms with Crippen LogP contribution in [0.5, 0.6) is 0 Å². The topological polar surface area (TPSA) is 17.1 Å². The Morgan fingerprint density at radius 2 is 2.07 bits per heavy atom. The lowest BCUT2D eigenvalue weighted by Crippen LogP contribution is -2.02. The zero-order valence-electron chi connectivity index (χ0n) is 7.15. The van der Waals surface area contributed by atoms with Crippen molar-refractivity contribution in [1.82, 2.24) is 0 Å². The summed E-state index contributed by atoms with van der Waals surface area (Å²) in [6.07, 6.45) is -2.64. The predicted molar refractivity (Wildman–Crippen MR) is 61.8 cm³/mol. The van der Waals surface area contributed by atoms with Gasteiger partial charge in [0.15, 0.2) is 5.78 Å². The van der Waals surface area contributed by atoms with E-state index < -0.39 is 6.43 Å². The molecule has 76 valence electrons. The lowest BCUT2D eigenvalue weighted by atomic mass is 10.1. The first-order chi connectivity index (χ1) is 6.43. The van der Waals surface area contributed by atoms with Crippen molar-refractivity contribution in [3.8, 4) is 0 Å². The Morgan fingerprint density at radius 3 is 2.50 bits per heavy atom. The second kappa shape index (κ2) is 4.65. The highest BCUT2D eigenvalue weighted by atomic mass is 127. The minimum absolute atomic E-state index is 0.0822. The fraction of sp³-hybridized carbons (Fsp3) is 0.222. The molecule has 0 saturated heterocycles. The average molecular weight is 375 g/mol. The van der Waals surface area contributed by atoms with Crippen molar-refractivity contribution in [2.45, 2.75) is 13.3 Å². The van der Waals surface area contributed by atoms with Crippen molar-refractivity contribution in [1.29, 1.82) is 0 Å². The second-order valence-corrected chi connectivity index (χ2v) is 4.81. The summed E-state index contributed by atoms with van der Waals surface area (Å²) in [7, 11) is 0. The molecule has 14 heavy (non-hydrogen) atoms. The zero-order chi connectivity index (χ0) is 10.9. The van der Waals surface area contributed by atoms with Crippen LogP contribution >= 0.6 is 38.5 Å². The Balaban J connectivity index is 3.44. The number of carbonyl (C=O) groups excluding carboxylic acids is 1. The first kappa shape index (κ1) is 12.0. The van der Waals surface area contributed by atoms with Crippen LogP contribution in [0.25, 0.3) is 0 Å². The molecule has 0 N–H and O–H groups in total. The summed E-state index contributed by atoms with van der Waals surface area (Å²) in [5.41, 5.74) is -0.142. The zero-order valence-corrected chi connectivity index (χ0v) is 10.9. The van der Waals surface area contributed by atoms with Crippen LogP contribution in [0.15, 0.2) is 16.6 Å². The van der Waals surface area contributed by atoms with Gasteiger partial charge >= 0.3 is 0 Å². The van der Waals surface area contributed by atoms with Crippen LogP contribution in [0.2, 0.25) is 0 Å². The molecule has 0 radical (unpaired) electrons. The Kier molecular flexibility index (Phi) is 4.00. The number of Topliss-reactive ketones (excluding diaryl/α,β-unsaturated/α-hetero) is 1. The molecule has 1 aromatic carbocycles. The van der Waals surface area contributed by atoms with E-state index in [9.17, 15) is 13.6 Å². The highest BCUT2D eigenvalue weighted by molar-refractivity contribution is 14.1. The van der Waals surface area contributed by atoms with Crippen LogP contribution in [-0.4, -0.2) is 5.78 Å². The Morgan fingerprint density at radius 1 is 1.50 bits per heavy atom. The molecule has 0 heterocycles. The maximum Gasteiger partial charge on any atom is 0.265 e. The first-order valence-corrected chi connectivity index (χ1v) is 5.58. The maximum atomic E-state index is 12.6. The van der Waals surface area contributed by atoms with Crippen molar-refractivity contribution in [2.24, 2.45) is 0 Å². The lowest BCUT2D eigenvalue weighted by molar-refractivity contribution is 0.0998. The Labute approximate surface area is 102 Å². The summed E-state index contributed by atoms with van der Waals surface area (Å²) in [6, 6.07) is 3.03. The summed E-state index contributed by atoms with van der Waals surface area (Å²) in [6.45, 7) is 1.28. The minimum Gasteiger partial charge on any atom is -0.294 e. The molecule has 0 fully saturated rings. The van der Waals surface area contributed by atoms with Gasteiger partial charge in [-0.15, -0.1) is 0 Å². The molecular weight excluding hydrogens is 369 g/mol. The molecule has 5 heteroatoms. The molecule has 0 atom stereocenters. The fourth-order valence-corrected chi connectivity index (χ4v) is 2.78. The van der Waals surface area contributed by atoms with Gasteiger partial charge in [-0.05, 0) is 41.6 Å². The van der Waals surface area contributed by atoms with Crippen LogP contribution < -0.4 is 0 Å². The number of hydrogen-bond donors (Lipinski definition) is 0. The number of halogens is 4. The SMILES string of the molecule is CC(=O)c1cc(I)cc(Br)c1C(F)F. The quantitative estimate of drug-likeness (QED) is 0.560. The van der Waals surface area contributed by atoms with Crippen LogP contribution in [0, 0.1) is 3.57 Å². The van der Waals surface area contributed by atoms with Crippen LogP contribution in [0.1, 0.15) is 29.3 Å². The number of carbonyl (C=O) groups is 1. The van der Waals surface area contributed by atoms with Crippen molar-refractivity contribution >= 4 is 44.3 Å². The van der Waals surface area contributed by atoms with Crippen LogP contribution in [0.3, 0.4) is 0 Å². The van der Waals surface area contributed by atoms with E-state index in [1.165, 1.54) is 13.0 Å². The molecule has 0 aliphatic heterocycles. The fourth-order valence-electron chi connectivity index (χ4n) is 1.10. The van der Waals surface area contributed by atoms with Crippen molar-refractivity contribution in [2.75, 3.05) is 0 Å². The van der Waals surface area contributed by atoms with Gasteiger partial charge in [0.2, 0.25) is 0 Å². The molecule has 1 rings (SSSR count). The van der Waals surface area contributed by atoms with Gasteiger partial charge < -0.3 is 0 Å². The van der Waals surface area contributed by atoms with Crippen molar-refractivity contribution in [3.63, 3.8) is 0 Å². The minimum atomic E-state index is -2.64. The summed E-state index contributed by atoms with van der Waals surface area (Å²) >= 11 is 5.01. The molecule has 1 aromatic rings. The van der Waals surface area contributed by atoms with Crippen LogP contribution in [-0.2, 0) is 0 Å². The van der Waals surface area contributed by atoms with Gasteiger partial charge in [0.05, 0.1) is 0 Å². The van der Waals surface area contributed by atoms with E-state index in [2.05, 4.69) is 15.9 Å². The van der Waals surface area contributed by atoms with Gasteiger partial charge in [-0.1, -0.05) is 15.9 Å². The molecule has 0 aliphatic carbocycles. The van der Waals surface area contributed by atoms with E-state index in [1.54, 1.807) is 6.07 Å². The molecule has 0 aromatic heterocycles. The number of rotatable bonds is 2. The lowest BCUT2D eigenvalue weighted by Gasteiger charge is -2.09. The summed E-state index contributed by atoms with van der Waals surface area (Å²) in [5, 5.41) is 0. The van der Waals surface area contributed by atoms with Gasteiger partial charge in [-0.3, -0.25) is 4.79 Å². The second-order valence-electron chi connectivity index (χ2n) is 2.71. The average Bonchev–Trinajstić information content (AvgIpc) is 2.01. The summed E-state index contributed by atoms with van der Waals surface area (Å²) in [5.74, 6) is -0.348. The van der Waals surface area contributed by atoms with Crippen molar-refractivity contribution in [3.05, 3.63) is 31.3 Å². The normalized spacial score (nSPS) is 10.7. The maximum absolute atomic E-state index is 12.6. The van der Waals surface area contributed by atoms with Gasteiger partial charge in [0.25, 0.3) is 6.43 Å². The number of hydrogen-bond acceptors (Lipinski definition) is 1. The highest BCUT2D eigenvalue weighted by Gasteiger charge is 2.19. The third-order valence-corrected chi connectivity index (χ3v) is 2.97. The van der Waals surface area contributed by atoms with Crippen LogP contribution in [0.4, 0.5) is 8.78 Å². The molecule has 0 bridgehead atoms. The first-order valence-electron chi connectivity index (χ1n) is 3.71. The third-order valence-electron chi connectivity index (χ3n) is 1.69. The summed E-state index contributed by atoms with van der Waals surface area (Å²) < 4.78 is 26.2. The molecule has 0 amide bonds. The van der Waals surface area contributed by atoms with E-state index in [4.69, 9.17) is 0 Å². The third kappa shape index (κ3) is 2.50. The number of alkyl halides is 2. The molecule has 0 saturated carbocycles. The molecule has 0 unspecified atom stereocenters. The van der Waals surface area contributed by atoms with E-state index in [1.807, 2.05) is 22.6 Å². The van der Waals surface area contributed by atoms with Gasteiger partial charge in [0, 0.05) is 19.2 Å². The van der Waals surface area contributed by atoms with Gasteiger partial charge in [-0.25, -0.2) is 8.78 Å².